The molecule has 154 valence electrons. The number of hydrogen-bond acceptors (Lipinski definition) is 6. The monoisotopic (exact) mass is 481 g/mol. The minimum absolute atomic E-state index is 0.130. The molecule has 1 aromatic carbocycles. The molecule has 1 aromatic heterocycles. The highest BCUT2D eigenvalue weighted by atomic mass is 79.9. The van der Waals surface area contributed by atoms with Gasteiger partial charge in [-0.2, -0.15) is 4.31 Å². The number of sulfonamides is 1. The highest BCUT2D eigenvalue weighted by molar-refractivity contribution is 9.10. The van der Waals surface area contributed by atoms with Crippen molar-refractivity contribution in [1.29, 1.82) is 0 Å². The molecule has 10 heteroatoms. The van der Waals surface area contributed by atoms with Crippen molar-refractivity contribution >= 4 is 43.5 Å². The van der Waals surface area contributed by atoms with Gasteiger partial charge in [-0.25, -0.2) is 8.42 Å². The molecule has 0 radical (unpaired) electrons. The summed E-state index contributed by atoms with van der Waals surface area (Å²) in [6.45, 7) is 0.0350. The van der Waals surface area contributed by atoms with Gasteiger partial charge in [0.05, 0.1) is 5.92 Å². The molecule has 0 atom stereocenters. The lowest BCUT2D eigenvalue weighted by Gasteiger charge is -2.29. The molecule has 0 spiro atoms. The maximum Gasteiger partial charge on any atom is 0.309 e. The summed E-state index contributed by atoms with van der Waals surface area (Å²) in [5.41, 5.74) is 0.600. The van der Waals surface area contributed by atoms with E-state index in [9.17, 15) is 18.0 Å². The van der Waals surface area contributed by atoms with Crippen molar-refractivity contribution in [2.24, 2.45) is 5.92 Å². The number of piperidine rings is 1. The first-order valence-electron chi connectivity index (χ1n) is 8.98. The number of rotatable bonds is 6. The van der Waals surface area contributed by atoms with E-state index in [1.165, 1.54) is 22.8 Å². The Hall–Kier alpha value is -2.30. The summed E-state index contributed by atoms with van der Waals surface area (Å²) < 4.78 is 32.5. The average molecular weight is 482 g/mol. The second-order valence-corrected chi connectivity index (χ2v) is 9.38. The van der Waals surface area contributed by atoms with Crippen molar-refractivity contribution in [3.8, 4) is 0 Å². The quantitative estimate of drug-likeness (QED) is 0.635. The molecule has 1 saturated heterocycles. The summed E-state index contributed by atoms with van der Waals surface area (Å²) >= 11 is 3.31. The first-order chi connectivity index (χ1) is 13.9. The fourth-order valence-electron chi connectivity index (χ4n) is 2.97. The van der Waals surface area contributed by atoms with Crippen molar-refractivity contribution in [1.82, 2.24) is 9.29 Å². The fourth-order valence-corrected chi connectivity index (χ4v) is 4.66. The van der Waals surface area contributed by atoms with E-state index >= 15 is 0 Å². The molecule has 0 unspecified atom stereocenters. The van der Waals surface area contributed by atoms with Gasteiger partial charge in [-0.3, -0.25) is 14.6 Å². The number of esters is 1. The number of ether oxygens (including phenoxy) is 1. The molecule has 8 nitrogen and oxygen atoms in total. The highest BCUT2D eigenvalue weighted by Crippen LogP contribution is 2.24. The second kappa shape index (κ2) is 9.47. The van der Waals surface area contributed by atoms with E-state index in [4.69, 9.17) is 4.74 Å². The van der Waals surface area contributed by atoms with Crippen molar-refractivity contribution in [2.75, 3.05) is 25.0 Å². The van der Waals surface area contributed by atoms with Crippen LogP contribution in [0.4, 0.5) is 5.69 Å². The lowest BCUT2D eigenvalue weighted by Crippen LogP contribution is -2.40. The normalized spacial score (nSPS) is 15.6. The van der Waals surface area contributed by atoms with Gasteiger partial charge in [0.25, 0.3) is 5.91 Å². The number of hydrogen-bond donors (Lipinski definition) is 1. The highest BCUT2D eigenvalue weighted by Gasteiger charge is 2.33. The summed E-state index contributed by atoms with van der Waals surface area (Å²) in [5, 5.41) is 2.64. The Morgan fingerprint density at radius 2 is 1.86 bits per heavy atom. The zero-order valence-corrected chi connectivity index (χ0v) is 17.9. The van der Waals surface area contributed by atoms with Crippen LogP contribution in [0.3, 0.4) is 0 Å². The van der Waals surface area contributed by atoms with Crippen LogP contribution in [0.25, 0.3) is 0 Å². The lowest BCUT2D eigenvalue weighted by atomic mass is 9.98. The summed E-state index contributed by atoms with van der Waals surface area (Å²) in [6.07, 6.45) is 3.49. The first kappa shape index (κ1) is 21.4. The van der Waals surface area contributed by atoms with Crippen LogP contribution in [0, 0.1) is 5.92 Å². The minimum Gasteiger partial charge on any atom is -0.455 e. The number of aromatic nitrogens is 1. The van der Waals surface area contributed by atoms with Gasteiger partial charge in [0.15, 0.2) is 6.61 Å². The number of nitrogens with zero attached hydrogens (tertiary/aromatic N) is 2. The van der Waals surface area contributed by atoms with E-state index < -0.39 is 27.8 Å². The Kier molecular flexibility index (Phi) is 6.99. The third kappa shape index (κ3) is 5.62. The van der Waals surface area contributed by atoms with Crippen LogP contribution in [-0.2, 0) is 24.3 Å². The number of pyridine rings is 1. The van der Waals surface area contributed by atoms with E-state index in [1.54, 1.807) is 30.3 Å². The Labute approximate surface area is 177 Å². The molecule has 1 amide bonds. The molecule has 2 heterocycles. The van der Waals surface area contributed by atoms with Crippen molar-refractivity contribution in [3.63, 3.8) is 0 Å². The third-order valence-electron chi connectivity index (χ3n) is 4.53. The van der Waals surface area contributed by atoms with E-state index in [0.29, 0.717) is 18.5 Å². The van der Waals surface area contributed by atoms with E-state index in [2.05, 4.69) is 26.2 Å². The maximum atomic E-state index is 12.6. The number of carbonyl (C=O) groups excluding carboxylic acids is 2. The zero-order valence-electron chi connectivity index (χ0n) is 15.5. The van der Waals surface area contributed by atoms with Gasteiger partial charge in [0.2, 0.25) is 10.0 Å². The number of amides is 1. The zero-order chi connectivity index (χ0) is 20.9. The predicted molar refractivity (Wildman–Crippen MR) is 109 cm³/mol. The van der Waals surface area contributed by atoms with Gasteiger partial charge >= 0.3 is 5.97 Å². The van der Waals surface area contributed by atoms with Gasteiger partial charge in [0, 0.05) is 35.6 Å². The number of benzene rings is 1. The number of halogens is 1. The van der Waals surface area contributed by atoms with E-state index in [1.807, 2.05) is 0 Å². The summed E-state index contributed by atoms with van der Waals surface area (Å²) in [7, 11) is -3.62. The summed E-state index contributed by atoms with van der Waals surface area (Å²) in [5.74, 6) is -1.36. The van der Waals surface area contributed by atoms with Gasteiger partial charge in [0.1, 0.15) is 4.90 Å². The van der Waals surface area contributed by atoms with E-state index in [0.717, 1.165) is 4.47 Å². The molecular formula is C19H20BrN3O5S. The molecule has 2 aromatic rings. The molecule has 1 fully saturated rings. The third-order valence-corrected chi connectivity index (χ3v) is 6.94. The Morgan fingerprint density at radius 3 is 2.48 bits per heavy atom. The van der Waals surface area contributed by atoms with Crippen molar-refractivity contribution in [3.05, 3.63) is 53.3 Å². The Balaban J connectivity index is 1.46. The van der Waals surface area contributed by atoms with Crippen LogP contribution >= 0.6 is 15.9 Å². The van der Waals surface area contributed by atoms with Crippen LogP contribution in [-0.4, -0.2) is 49.3 Å². The molecule has 1 aliphatic rings. The molecule has 3 rings (SSSR count). The smallest absolute Gasteiger partial charge is 0.309 e. The maximum absolute atomic E-state index is 12.6. The molecular weight excluding hydrogens is 462 g/mol. The summed E-state index contributed by atoms with van der Waals surface area (Å²) in [6, 6.07) is 10.1. The molecule has 0 bridgehead atoms. The molecule has 0 aliphatic carbocycles. The van der Waals surface area contributed by atoms with Crippen LogP contribution in [0.1, 0.15) is 12.8 Å². The molecule has 29 heavy (non-hydrogen) atoms. The van der Waals surface area contributed by atoms with Crippen molar-refractivity contribution < 1.29 is 22.7 Å². The summed E-state index contributed by atoms with van der Waals surface area (Å²) in [4.78, 5) is 28.1. The number of anilines is 1. The second-order valence-electron chi connectivity index (χ2n) is 6.53. The van der Waals surface area contributed by atoms with Crippen LogP contribution in [0.5, 0.6) is 0 Å². The first-order valence-corrected chi connectivity index (χ1v) is 11.2. The SMILES string of the molecule is O=C(COC(=O)C1CCN(S(=O)(=O)c2cccnc2)CC1)Nc1ccc(Br)cc1. The van der Waals surface area contributed by atoms with Crippen LogP contribution in [0.15, 0.2) is 58.2 Å². The predicted octanol–water partition coefficient (Wildman–Crippen LogP) is 2.43. The fraction of sp³-hybridized carbons (Fsp3) is 0.316. The Bertz CT molecular complexity index is 959. The number of carbonyl (C=O) groups is 2. The average Bonchev–Trinajstić information content (AvgIpc) is 2.74. The molecule has 1 N–H and O–H groups in total. The molecule has 1 aliphatic heterocycles. The van der Waals surface area contributed by atoms with Crippen molar-refractivity contribution in [2.45, 2.75) is 17.7 Å². The van der Waals surface area contributed by atoms with Crippen LogP contribution < -0.4 is 5.32 Å². The Morgan fingerprint density at radius 1 is 1.17 bits per heavy atom. The largest absolute Gasteiger partial charge is 0.455 e. The van der Waals surface area contributed by atoms with Gasteiger partial charge in [-0.15, -0.1) is 0 Å². The van der Waals surface area contributed by atoms with Gasteiger partial charge in [-0.05, 0) is 49.2 Å². The standard InChI is InChI=1S/C19H20BrN3O5S/c20-15-3-5-16(6-4-15)22-18(24)13-28-19(25)14-7-10-23(11-8-14)29(26,27)17-2-1-9-21-12-17/h1-6,9,12,14H,7-8,10-11,13H2,(H,22,24). The van der Waals surface area contributed by atoms with Gasteiger partial charge < -0.3 is 10.1 Å². The lowest BCUT2D eigenvalue weighted by molar-refractivity contribution is -0.152. The van der Waals surface area contributed by atoms with Crippen LogP contribution in [0.2, 0.25) is 0 Å². The minimum atomic E-state index is -3.62. The molecule has 0 saturated carbocycles. The number of nitrogens with one attached hydrogen (secondary N) is 1. The van der Waals surface area contributed by atoms with E-state index in [-0.39, 0.29) is 24.6 Å². The topological polar surface area (TPSA) is 106 Å². The van der Waals surface area contributed by atoms with Gasteiger partial charge in [-0.1, -0.05) is 15.9 Å².